The molecular formula is C18H15Cl2N3O3S3. The number of hydrogen-bond donors (Lipinski definition) is 1. The Kier molecular flexibility index (Phi) is 5.97. The van der Waals surface area contributed by atoms with Crippen molar-refractivity contribution >= 4 is 81.6 Å². The van der Waals surface area contributed by atoms with Gasteiger partial charge < -0.3 is 4.57 Å². The highest BCUT2D eigenvalue weighted by atomic mass is 35.5. The van der Waals surface area contributed by atoms with Crippen LogP contribution in [0, 0.1) is 0 Å². The van der Waals surface area contributed by atoms with Crippen LogP contribution in [-0.2, 0) is 16.7 Å². The number of aryl methyl sites for hydroxylation is 1. The summed E-state index contributed by atoms with van der Waals surface area (Å²) < 4.78 is 34.9. The third-order valence-electron chi connectivity index (χ3n) is 4.21. The van der Waals surface area contributed by atoms with Crippen LogP contribution >= 0.6 is 45.9 Å². The average Bonchev–Trinajstić information content (AvgIpc) is 3.18. The number of nitrogens with zero attached hydrogens (tertiary/aromatic N) is 3. The molecule has 6 nitrogen and oxygen atoms in total. The second kappa shape index (κ2) is 8.33. The maximum absolute atomic E-state index is 11.0. The fourth-order valence-corrected chi connectivity index (χ4v) is 5.73. The van der Waals surface area contributed by atoms with Crippen LogP contribution < -0.4 is 4.80 Å². The molecule has 0 atom stereocenters. The summed E-state index contributed by atoms with van der Waals surface area (Å²) in [5, 5.41) is 1.86. The van der Waals surface area contributed by atoms with Crippen LogP contribution in [0.15, 0.2) is 41.4 Å². The van der Waals surface area contributed by atoms with E-state index in [4.69, 9.17) is 32.7 Å². The minimum Gasteiger partial charge on any atom is -0.316 e. The molecule has 29 heavy (non-hydrogen) atoms. The minimum atomic E-state index is -3.96. The molecule has 0 radical (unpaired) electrons. The molecule has 152 valence electrons. The number of unbranched alkanes of at least 4 members (excludes halogenated alkanes) is 1. The Hall–Kier alpha value is -1.49. The highest BCUT2D eigenvalue weighted by Gasteiger charge is 2.10. The van der Waals surface area contributed by atoms with Gasteiger partial charge in [0.05, 0.1) is 26.2 Å². The zero-order valence-electron chi connectivity index (χ0n) is 14.9. The van der Waals surface area contributed by atoms with Gasteiger partial charge in [-0.2, -0.15) is 13.4 Å². The summed E-state index contributed by atoms with van der Waals surface area (Å²) in [4.78, 5) is 10.0. The number of aromatic nitrogens is 2. The number of thiazole rings is 2. The minimum absolute atomic E-state index is 0.262. The van der Waals surface area contributed by atoms with Crippen molar-refractivity contribution in [3.05, 3.63) is 51.2 Å². The van der Waals surface area contributed by atoms with Gasteiger partial charge in [-0.3, -0.25) is 4.55 Å². The van der Waals surface area contributed by atoms with Gasteiger partial charge in [0, 0.05) is 16.6 Å². The highest BCUT2D eigenvalue weighted by Crippen LogP contribution is 2.30. The zero-order valence-corrected chi connectivity index (χ0v) is 18.8. The van der Waals surface area contributed by atoms with Crippen molar-refractivity contribution in [2.45, 2.75) is 19.4 Å². The Morgan fingerprint density at radius 1 is 1.03 bits per heavy atom. The molecular weight excluding hydrogens is 473 g/mol. The van der Waals surface area contributed by atoms with E-state index in [2.05, 4.69) is 4.98 Å². The van der Waals surface area contributed by atoms with Gasteiger partial charge in [-0.25, -0.2) is 4.98 Å². The smallest absolute Gasteiger partial charge is 0.264 e. The predicted octanol–water partition coefficient (Wildman–Crippen LogP) is 5.52. The van der Waals surface area contributed by atoms with Gasteiger partial charge in [0.2, 0.25) is 5.13 Å². The summed E-state index contributed by atoms with van der Waals surface area (Å²) >= 11 is 15.2. The van der Waals surface area contributed by atoms with Crippen LogP contribution in [0.5, 0.6) is 0 Å². The van der Waals surface area contributed by atoms with Gasteiger partial charge in [-0.15, -0.1) is 0 Å². The second-order valence-corrected chi connectivity index (χ2v) is 10.8. The molecule has 0 spiro atoms. The first-order chi connectivity index (χ1) is 13.8. The normalized spacial score (nSPS) is 13.0. The molecule has 0 aliphatic carbocycles. The topological polar surface area (TPSA) is 84.5 Å². The molecule has 0 saturated carbocycles. The molecule has 0 amide bonds. The van der Waals surface area contributed by atoms with Crippen molar-refractivity contribution in [1.29, 1.82) is 0 Å². The van der Waals surface area contributed by atoms with Gasteiger partial charge in [0.15, 0.2) is 4.80 Å². The van der Waals surface area contributed by atoms with Crippen LogP contribution in [0.3, 0.4) is 0 Å². The lowest BCUT2D eigenvalue weighted by atomic mass is 10.3. The summed E-state index contributed by atoms with van der Waals surface area (Å²) in [7, 11) is -3.96. The first-order valence-electron chi connectivity index (χ1n) is 8.63. The third-order valence-corrected chi connectivity index (χ3v) is 7.47. The Balaban J connectivity index is 1.74. The third kappa shape index (κ3) is 4.99. The molecule has 0 saturated heterocycles. The van der Waals surface area contributed by atoms with Gasteiger partial charge >= 0.3 is 0 Å². The number of fused-ring (bicyclic) bond motifs is 2. The molecule has 1 N–H and O–H groups in total. The summed E-state index contributed by atoms with van der Waals surface area (Å²) in [5.74, 6) is -0.262. The molecule has 0 aliphatic rings. The van der Waals surface area contributed by atoms with Gasteiger partial charge in [0.25, 0.3) is 10.1 Å². The fourth-order valence-electron chi connectivity index (χ4n) is 2.92. The standard InChI is InChI=1S/C18H15Cl2N3O3S3/c19-11-3-5-15-13(9-11)21-17(27-15)22-18-23(7-1-2-8-29(24,25)26)14-10-12(20)4-6-16(14)28-18/h3-6,9-10H,1-2,7-8H2,(H,24,25,26)/b22-18-. The van der Waals surface area contributed by atoms with E-state index in [-0.39, 0.29) is 5.75 Å². The first kappa shape index (κ1) is 20.8. The van der Waals surface area contributed by atoms with Crippen molar-refractivity contribution in [3.8, 4) is 0 Å². The van der Waals surface area contributed by atoms with E-state index < -0.39 is 10.1 Å². The first-order valence-corrected chi connectivity index (χ1v) is 12.6. The lowest BCUT2D eigenvalue weighted by molar-refractivity contribution is 0.478. The van der Waals surface area contributed by atoms with Crippen LogP contribution in [0.4, 0.5) is 5.13 Å². The molecule has 0 unspecified atom stereocenters. The Bertz CT molecular complexity index is 1370. The maximum Gasteiger partial charge on any atom is 0.264 e. The maximum atomic E-state index is 11.0. The van der Waals surface area contributed by atoms with Crippen molar-refractivity contribution in [2.75, 3.05) is 5.75 Å². The molecule has 0 bridgehead atoms. The van der Waals surface area contributed by atoms with E-state index >= 15 is 0 Å². The zero-order chi connectivity index (χ0) is 20.6. The molecule has 0 fully saturated rings. The number of benzene rings is 2. The van der Waals surface area contributed by atoms with E-state index in [1.807, 2.05) is 34.9 Å². The Labute approximate surface area is 184 Å². The van der Waals surface area contributed by atoms with E-state index in [0.717, 1.165) is 25.2 Å². The summed E-state index contributed by atoms with van der Waals surface area (Å²) in [6.07, 6.45) is 0.920. The highest BCUT2D eigenvalue weighted by molar-refractivity contribution is 7.85. The number of rotatable bonds is 6. The fraction of sp³-hybridized carbons (Fsp3) is 0.222. The largest absolute Gasteiger partial charge is 0.316 e. The van der Waals surface area contributed by atoms with E-state index in [9.17, 15) is 8.42 Å². The predicted molar refractivity (Wildman–Crippen MR) is 120 cm³/mol. The molecule has 4 rings (SSSR count). The van der Waals surface area contributed by atoms with Crippen LogP contribution in [0.2, 0.25) is 10.0 Å². The van der Waals surface area contributed by atoms with Crippen molar-refractivity contribution in [1.82, 2.24) is 9.55 Å². The Morgan fingerprint density at radius 3 is 2.52 bits per heavy atom. The quantitative estimate of drug-likeness (QED) is 0.286. The average molecular weight is 488 g/mol. The van der Waals surface area contributed by atoms with Gasteiger partial charge in [-0.1, -0.05) is 45.9 Å². The lowest BCUT2D eigenvalue weighted by Crippen LogP contribution is -2.15. The number of hydrogen-bond acceptors (Lipinski definition) is 6. The van der Waals surface area contributed by atoms with Crippen molar-refractivity contribution in [2.24, 2.45) is 4.99 Å². The van der Waals surface area contributed by atoms with E-state index in [0.29, 0.717) is 34.6 Å². The second-order valence-electron chi connectivity index (χ2n) is 6.36. The van der Waals surface area contributed by atoms with Crippen LogP contribution in [0.25, 0.3) is 20.4 Å². The van der Waals surface area contributed by atoms with Crippen LogP contribution in [0.1, 0.15) is 12.8 Å². The molecule has 11 heteroatoms. The molecule has 4 aromatic rings. The number of halogens is 2. The van der Waals surface area contributed by atoms with Crippen molar-refractivity contribution < 1.29 is 13.0 Å². The van der Waals surface area contributed by atoms with Gasteiger partial charge in [0.1, 0.15) is 0 Å². The molecule has 0 aliphatic heterocycles. The Morgan fingerprint density at radius 2 is 1.76 bits per heavy atom. The van der Waals surface area contributed by atoms with Crippen molar-refractivity contribution in [3.63, 3.8) is 0 Å². The summed E-state index contributed by atoms with van der Waals surface area (Å²) in [6.45, 7) is 0.547. The monoisotopic (exact) mass is 487 g/mol. The SMILES string of the molecule is O=S(=O)(O)CCCCn1/c(=N/c2nc3cc(Cl)ccc3s2)sc2ccc(Cl)cc21. The van der Waals surface area contributed by atoms with E-state index in [1.165, 1.54) is 22.7 Å². The lowest BCUT2D eigenvalue weighted by Gasteiger charge is -2.05. The summed E-state index contributed by atoms with van der Waals surface area (Å²) in [6, 6.07) is 11.2. The van der Waals surface area contributed by atoms with E-state index in [1.54, 1.807) is 6.07 Å². The molecule has 2 aromatic carbocycles. The summed E-state index contributed by atoms with van der Waals surface area (Å²) in [5.41, 5.74) is 1.72. The van der Waals surface area contributed by atoms with Gasteiger partial charge in [-0.05, 0) is 49.2 Å². The molecule has 2 heterocycles. The van der Waals surface area contributed by atoms with Crippen LogP contribution in [-0.4, -0.2) is 28.3 Å². The molecule has 2 aromatic heterocycles.